The lowest BCUT2D eigenvalue weighted by atomic mass is 10.2. The van der Waals surface area contributed by atoms with Crippen LogP contribution in [0.1, 0.15) is 22.6 Å². The number of rotatable bonds is 3. The zero-order valence-corrected chi connectivity index (χ0v) is 8.24. The number of nitrogens with two attached hydrogens (primary N) is 1. The first kappa shape index (κ1) is 12.2. The molecule has 1 heterocycles. The van der Waals surface area contributed by atoms with Crippen molar-refractivity contribution in [3.8, 4) is 0 Å². The summed E-state index contributed by atoms with van der Waals surface area (Å²) in [5.74, 6) is 0. The summed E-state index contributed by atoms with van der Waals surface area (Å²) in [6, 6.07) is 0.631. The normalized spacial score (nSPS) is 10.5. The van der Waals surface area contributed by atoms with Gasteiger partial charge in [0.2, 0.25) is 5.69 Å². The maximum Gasteiger partial charge on any atom is 0.322 e. The van der Waals surface area contributed by atoms with E-state index in [4.69, 9.17) is 17.3 Å². The number of nitro groups is 1. The van der Waals surface area contributed by atoms with Gasteiger partial charge >= 0.3 is 5.69 Å². The Bertz CT molecular complexity index is 466. The van der Waals surface area contributed by atoms with Crippen LogP contribution in [0.3, 0.4) is 0 Å². The maximum atomic E-state index is 12.3. The van der Waals surface area contributed by atoms with Crippen LogP contribution in [0.25, 0.3) is 0 Å². The van der Waals surface area contributed by atoms with Crippen molar-refractivity contribution < 1.29 is 18.5 Å². The molecular formula is C7H4ClF2N3O3. The average Bonchev–Trinajstić information content (AvgIpc) is 2.15. The average molecular weight is 252 g/mol. The molecule has 16 heavy (non-hydrogen) atoms. The molecule has 6 nitrogen and oxygen atoms in total. The minimum Gasteiger partial charge on any atom is -0.393 e. The highest BCUT2D eigenvalue weighted by molar-refractivity contribution is 6.68. The van der Waals surface area contributed by atoms with Crippen LogP contribution in [0.4, 0.5) is 20.2 Å². The molecule has 0 unspecified atom stereocenters. The Morgan fingerprint density at radius 2 is 2.19 bits per heavy atom. The number of pyridine rings is 1. The first-order valence-electron chi connectivity index (χ1n) is 3.77. The van der Waals surface area contributed by atoms with Crippen LogP contribution < -0.4 is 5.73 Å². The van der Waals surface area contributed by atoms with Crippen LogP contribution in [0.2, 0.25) is 0 Å². The monoisotopic (exact) mass is 251 g/mol. The number of anilines is 1. The van der Waals surface area contributed by atoms with E-state index in [9.17, 15) is 23.7 Å². The minimum absolute atomic E-state index is 0.584. The van der Waals surface area contributed by atoms with Crippen molar-refractivity contribution >= 4 is 28.2 Å². The molecule has 1 rings (SSSR count). The summed E-state index contributed by atoms with van der Waals surface area (Å²) in [5.41, 5.74) is 1.99. The highest BCUT2D eigenvalue weighted by Gasteiger charge is 2.27. The predicted octanol–water partition coefficient (Wildman–Crippen LogP) is 1.89. The van der Waals surface area contributed by atoms with Gasteiger partial charge in [0, 0.05) is 0 Å². The Labute approximate surface area is 92.2 Å². The largest absolute Gasteiger partial charge is 0.393 e. The predicted molar refractivity (Wildman–Crippen MR) is 50.4 cm³/mol. The molecule has 0 radical (unpaired) electrons. The molecule has 0 aliphatic rings. The number of alkyl halides is 2. The molecule has 0 saturated heterocycles. The summed E-state index contributed by atoms with van der Waals surface area (Å²) in [5, 5.41) is 9.20. The Balaban J connectivity index is 3.52. The van der Waals surface area contributed by atoms with Crippen LogP contribution >= 0.6 is 11.6 Å². The Morgan fingerprint density at radius 3 is 2.56 bits per heavy atom. The van der Waals surface area contributed by atoms with Crippen molar-refractivity contribution in [2.45, 2.75) is 6.43 Å². The lowest BCUT2D eigenvalue weighted by Gasteiger charge is -2.04. The zero-order valence-electron chi connectivity index (χ0n) is 7.49. The smallest absolute Gasteiger partial charge is 0.322 e. The van der Waals surface area contributed by atoms with Gasteiger partial charge in [0.15, 0.2) is 0 Å². The SMILES string of the molecule is Nc1cc(C(F)F)nc(C(=O)Cl)c1[N+](=O)[O-]. The fourth-order valence-corrected chi connectivity index (χ4v) is 1.15. The summed E-state index contributed by atoms with van der Waals surface area (Å²) in [6.45, 7) is 0. The van der Waals surface area contributed by atoms with Gasteiger partial charge in [-0.25, -0.2) is 13.8 Å². The molecule has 1 aromatic heterocycles. The topological polar surface area (TPSA) is 99.1 Å². The molecule has 9 heteroatoms. The first-order chi connectivity index (χ1) is 7.34. The van der Waals surface area contributed by atoms with E-state index >= 15 is 0 Å². The number of hydrogen-bond donors (Lipinski definition) is 1. The molecule has 0 spiro atoms. The molecule has 1 aromatic rings. The van der Waals surface area contributed by atoms with Gasteiger partial charge in [-0.15, -0.1) is 0 Å². The minimum atomic E-state index is -3.00. The third kappa shape index (κ3) is 2.22. The zero-order chi connectivity index (χ0) is 12.5. The number of carbonyl (C=O) groups excluding carboxylic acids is 1. The van der Waals surface area contributed by atoms with Crippen molar-refractivity contribution in [3.05, 3.63) is 27.6 Å². The number of carbonyl (C=O) groups is 1. The molecule has 86 valence electrons. The Hall–Kier alpha value is -1.83. The second-order valence-corrected chi connectivity index (χ2v) is 3.01. The van der Waals surface area contributed by atoms with Crippen molar-refractivity contribution in [2.24, 2.45) is 0 Å². The maximum absolute atomic E-state index is 12.3. The van der Waals surface area contributed by atoms with E-state index in [1.54, 1.807) is 0 Å². The highest BCUT2D eigenvalue weighted by Crippen LogP contribution is 2.30. The van der Waals surface area contributed by atoms with Crippen LogP contribution in [0.15, 0.2) is 6.07 Å². The molecule has 0 amide bonds. The molecule has 0 saturated carbocycles. The molecular weight excluding hydrogens is 248 g/mol. The number of halogens is 3. The van der Waals surface area contributed by atoms with Crippen molar-refractivity contribution in [1.82, 2.24) is 4.98 Å². The molecule has 0 bridgehead atoms. The third-order valence-corrected chi connectivity index (χ3v) is 1.81. The van der Waals surface area contributed by atoms with E-state index in [2.05, 4.69) is 4.98 Å². The number of nitrogen functional groups attached to an aromatic ring is 1. The third-order valence-electron chi connectivity index (χ3n) is 1.63. The van der Waals surface area contributed by atoms with Crippen LogP contribution in [-0.2, 0) is 0 Å². The van der Waals surface area contributed by atoms with Crippen molar-refractivity contribution in [2.75, 3.05) is 5.73 Å². The quantitative estimate of drug-likeness (QED) is 0.502. The molecule has 0 aromatic carbocycles. The summed E-state index contributed by atoms with van der Waals surface area (Å²) < 4.78 is 24.6. The van der Waals surface area contributed by atoms with E-state index in [0.717, 1.165) is 0 Å². The number of hydrogen-bond acceptors (Lipinski definition) is 5. The van der Waals surface area contributed by atoms with Gasteiger partial charge in [-0.2, -0.15) is 0 Å². The lowest BCUT2D eigenvalue weighted by Crippen LogP contribution is -2.08. The van der Waals surface area contributed by atoms with E-state index < -0.39 is 39.4 Å². The summed E-state index contributed by atoms with van der Waals surface area (Å²) in [6.07, 6.45) is -3.00. The van der Waals surface area contributed by atoms with Crippen LogP contribution in [0.5, 0.6) is 0 Å². The van der Waals surface area contributed by atoms with E-state index in [0.29, 0.717) is 6.07 Å². The van der Waals surface area contributed by atoms with Crippen molar-refractivity contribution in [3.63, 3.8) is 0 Å². The van der Waals surface area contributed by atoms with Crippen LogP contribution in [-0.4, -0.2) is 15.1 Å². The first-order valence-corrected chi connectivity index (χ1v) is 4.15. The van der Waals surface area contributed by atoms with Gasteiger partial charge in [-0.05, 0) is 17.7 Å². The summed E-state index contributed by atoms with van der Waals surface area (Å²) >= 11 is 4.99. The summed E-state index contributed by atoms with van der Waals surface area (Å²) in [7, 11) is 0. The van der Waals surface area contributed by atoms with Gasteiger partial charge in [-0.3, -0.25) is 14.9 Å². The van der Waals surface area contributed by atoms with Gasteiger partial charge in [0.05, 0.1) is 4.92 Å². The van der Waals surface area contributed by atoms with E-state index in [-0.39, 0.29) is 0 Å². The highest BCUT2D eigenvalue weighted by atomic mass is 35.5. The molecule has 0 aliphatic carbocycles. The molecule has 2 N–H and O–H groups in total. The van der Waals surface area contributed by atoms with Gasteiger partial charge in [0.1, 0.15) is 11.4 Å². The fraction of sp³-hybridized carbons (Fsp3) is 0.143. The summed E-state index contributed by atoms with van der Waals surface area (Å²) in [4.78, 5) is 23.4. The Morgan fingerprint density at radius 1 is 1.62 bits per heavy atom. The van der Waals surface area contributed by atoms with Gasteiger partial charge in [-0.1, -0.05) is 0 Å². The molecule has 0 aliphatic heterocycles. The lowest BCUT2D eigenvalue weighted by molar-refractivity contribution is -0.384. The fourth-order valence-electron chi connectivity index (χ4n) is 1.02. The van der Waals surface area contributed by atoms with E-state index in [1.165, 1.54) is 0 Å². The second kappa shape index (κ2) is 4.35. The number of aromatic nitrogens is 1. The van der Waals surface area contributed by atoms with Gasteiger partial charge < -0.3 is 5.73 Å². The molecule has 0 atom stereocenters. The number of nitrogens with zero attached hydrogens (tertiary/aromatic N) is 2. The second-order valence-electron chi connectivity index (χ2n) is 2.67. The van der Waals surface area contributed by atoms with Crippen molar-refractivity contribution in [1.29, 1.82) is 0 Å². The standard InChI is InChI=1S/C7H4ClF2N3O3/c8-6(14)4-5(13(15)16)2(11)1-3(12-4)7(9)10/h1,7H,(H2,11,12). The van der Waals surface area contributed by atoms with Crippen LogP contribution in [0, 0.1) is 10.1 Å². The van der Waals surface area contributed by atoms with E-state index in [1.807, 2.05) is 0 Å². The Kier molecular flexibility index (Phi) is 3.33. The van der Waals surface area contributed by atoms with Gasteiger partial charge in [0.25, 0.3) is 11.7 Å². The molecule has 0 fully saturated rings.